The number of hydrogen-bond donors (Lipinski definition) is 1. The molecule has 0 aliphatic carbocycles. The number of benzene rings is 2. The van der Waals surface area contributed by atoms with Crippen LogP contribution in [0.5, 0.6) is 0 Å². The number of sulfonamides is 1. The average Bonchev–Trinajstić information content (AvgIpc) is 2.83. The third-order valence-corrected chi connectivity index (χ3v) is 8.50. The van der Waals surface area contributed by atoms with Crippen LogP contribution in [0.2, 0.25) is 0 Å². The first-order valence-electron chi connectivity index (χ1n) is 11.4. The van der Waals surface area contributed by atoms with E-state index in [1.54, 1.807) is 12.1 Å². The minimum Gasteiger partial charge on any atom is -0.353 e. The topological polar surface area (TPSA) is 69.7 Å². The van der Waals surface area contributed by atoms with Gasteiger partial charge in [-0.3, -0.25) is 9.69 Å². The van der Waals surface area contributed by atoms with Gasteiger partial charge in [-0.25, -0.2) is 21.6 Å². The van der Waals surface area contributed by atoms with Gasteiger partial charge < -0.3 is 5.32 Å². The molecular formula is C24H28F3N3O3S. The number of rotatable bonds is 6. The maximum Gasteiger partial charge on any atom is 0.246 e. The van der Waals surface area contributed by atoms with Crippen molar-refractivity contribution < 1.29 is 26.4 Å². The lowest BCUT2D eigenvalue weighted by molar-refractivity contribution is -0.127. The fourth-order valence-electron chi connectivity index (χ4n) is 4.57. The SMILES string of the molecule is O=C(NC1CCN(Cc2ccc(F)cc2)CC1)C1CCN(S(=O)(=O)c2cc(F)ccc2F)CC1. The Bertz CT molecular complexity index is 1110. The molecule has 34 heavy (non-hydrogen) atoms. The molecule has 2 aromatic rings. The fourth-order valence-corrected chi connectivity index (χ4v) is 6.12. The highest BCUT2D eigenvalue weighted by Gasteiger charge is 2.34. The van der Waals surface area contributed by atoms with E-state index < -0.39 is 26.6 Å². The standard InChI is InChI=1S/C24H28F3N3O3S/c25-19-3-1-17(2-4-19)16-29-11-9-21(10-12-29)28-24(31)18-7-13-30(14-8-18)34(32,33)23-15-20(26)5-6-22(23)27/h1-6,15,18,21H,7-14,16H2,(H,28,31). The number of halogens is 3. The molecule has 1 amide bonds. The largest absolute Gasteiger partial charge is 0.353 e. The molecule has 184 valence electrons. The highest BCUT2D eigenvalue weighted by atomic mass is 32.2. The maximum atomic E-state index is 14.0. The summed E-state index contributed by atoms with van der Waals surface area (Å²) in [6, 6.07) is 8.87. The maximum absolute atomic E-state index is 14.0. The molecule has 2 fully saturated rings. The molecule has 2 heterocycles. The van der Waals surface area contributed by atoms with Crippen molar-refractivity contribution >= 4 is 15.9 Å². The van der Waals surface area contributed by atoms with Crippen LogP contribution in [-0.4, -0.2) is 55.8 Å². The predicted molar refractivity (Wildman–Crippen MR) is 121 cm³/mol. The summed E-state index contributed by atoms with van der Waals surface area (Å²) in [5, 5.41) is 3.09. The first-order chi connectivity index (χ1) is 16.2. The molecule has 0 bridgehead atoms. The number of nitrogens with one attached hydrogen (secondary N) is 1. The Hall–Kier alpha value is -2.43. The van der Waals surface area contributed by atoms with Crippen molar-refractivity contribution in [3.8, 4) is 0 Å². The molecule has 2 aliphatic rings. The van der Waals surface area contributed by atoms with Crippen molar-refractivity contribution in [1.82, 2.24) is 14.5 Å². The molecule has 10 heteroatoms. The lowest BCUT2D eigenvalue weighted by Gasteiger charge is -2.34. The van der Waals surface area contributed by atoms with Crippen molar-refractivity contribution in [3.05, 3.63) is 65.5 Å². The van der Waals surface area contributed by atoms with E-state index in [4.69, 9.17) is 0 Å². The van der Waals surface area contributed by atoms with Crippen molar-refractivity contribution in [1.29, 1.82) is 0 Å². The van der Waals surface area contributed by atoms with Crippen LogP contribution in [-0.2, 0) is 21.4 Å². The van der Waals surface area contributed by atoms with Crippen molar-refractivity contribution in [2.75, 3.05) is 26.2 Å². The van der Waals surface area contributed by atoms with E-state index in [1.807, 2.05) is 0 Å². The van der Waals surface area contributed by atoms with Gasteiger partial charge in [-0.15, -0.1) is 0 Å². The van der Waals surface area contributed by atoms with Crippen LogP contribution in [0.4, 0.5) is 13.2 Å². The van der Waals surface area contributed by atoms with Gasteiger partial charge in [0, 0.05) is 44.7 Å². The highest BCUT2D eigenvalue weighted by molar-refractivity contribution is 7.89. The molecule has 0 spiro atoms. The van der Waals surface area contributed by atoms with E-state index in [0.717, 1.165) is 54.5 Å². The molecular weight excluding hydrogens is 467 g/mol. The van der Waals surface area contributed by atoms with Gasteiger partial charge in [0.05, 0.1) is 0 Å². The molecule has 2 aliphatic heterocycles. The molecule has 2 aromatic carbocycles. The number of likely N-dealkylation sites (tertiary alicyclic amines) is 1. The number of carbonyl (C=O) groups is 1. The molecule has 0 unspecified atom stereocenters. The first-order valence-corrected chi connectivity index (χ1v) is 12.9. The van der Waals surface area contributed by atoms with Crippen LogP contribution in [0.25, 0.3) is 0 Å². The van der Waals surface area contributed by atoms with E-state index in [0.29, 0.717) is 18.9 Å². The minimum absolute atomic E-state index is 0.0557. The summed E-state index contributed by atoms with van der Waals surface area (Å²) in [5.41, 5.74) is 1.05. The van der Waals surface area contributed by atoms with Crippen LogP contribution < -0.4 is 5.32 Å². The van der Waals surface area contributed by atoms with Crippen LogP contribution in [0.15, 0.2) is 47.4 Å². The lowest BCUT2D eigenvalue weighted by Crippen LogP contribution is -2.48. The first kappa shape index (κ1) is 24.7. The molecule has 0 atom stereocenters. The Morgan fingerprint density at radius 1 is 0.882 bits per heavy atom. The lowest BCUT2D eigenvalue weighted by atomic mass is 9.95. The zero-order valence-electron chi connectivity index (χ0n) is 18.7. The van der Waals surface area contributed by atoms with Crippen LogP contribution in [0.3, 0.4) is 0 Å². The molecule has 1 N–H and O–H groups in total. The van der Waals surface area contributed by atoms with Gasteiger partial charge in [0.2, 0.25) is 15.9 Å². The van der Waals surface area contributed by atoms with Crippen molar-refractivity contribution in [2.45, 2.75) is 43.2 Å². The number of piperidine rings is 2. The van der Waals surface area contributed by atoms with E-state index in [-0.39, 0.29) is 36.8 Å². The molecule has 4 rings (SSSR count). The zero-order chi connectivity index (χ0) is 24.3. The second-order valence-corrected chi connectivity index (χ2v) is 10.8. The summed E-state index contributed by atoms with van der Waals surface area (Å²) in [5.74, 6) is -2.48. The van der Waals surface area contributed by atoms with Crippen molar-refractivity contribution in [3.63, 3.8) is 0 Å². The average molecular weight is 496 g/mol. The second kappa shape index (κ2) is 10.5. The zero-order valence-corrected chi connectivity index (χ0v) is 19.5. The highest BCUT2D eigenvalue weighted by Crippen LogP contribution is 2.26. The monoisotopic (exact) mass is 495 g/mol. The Labute approximate surface area is 197 Å². The number of hydrogen-bond acceptors (Lipinski definition) is 4. The van der Waals surface area contributed by atoms with Gasteiger partial charge in [-0.2, -0.15) is 4.31 Å². The Morgan fingerprint density at radius 2 is 1.50 bits per heavy atom. The van der Waals surface area contributed by atoms with Gasteiger partial charge >= 0.3 is 0 Å². The second-order valence-electron chi connectivity index (χ2n) is 8.94. The smallest absolute Gasteiger partial charge is 0.246 e. The number of nitrogens with zero attached hydrogens (tertiary/aromatic N) is 2. The quantitative estimate of drug-likeness (QED) is 0.668. The van der Waals surface area contributed by atoms with Gasteiger partial charge in [0.15, 0.2) is 0 Å². The molecule has 0 aromatic heterocycles. The van der Waals surface area contributed by atoms with Gasteiger partial charge in [-0.05, 0) is 61.6 Å². The Kier molecular flexibility index (Phi) is 7.59. The summed E-state index contributed by atoms with van der Waals surface area (Å²) in [7, 11) is -4.17. The van der Waals surface area contributed by atoms with Gasteiger partial charge in [0.1, 0.15) is 22.3 Å². The van der Waals surface area contributed by atoms with E-state index >= 15 is 0 Å². The van der Waals surface area contributed by atoms with Crippen LogP contribution in [0.1, 0.15) is 31.2 Å². The van der Waals surface area contributed by atoms with E-state index in [1.165, 1.54) is 12.1 Å². The summed E-state index contributed by atoms with van der Waals surface area (Å²) in [6.07, 6.45) is 2.26. The summed E-state index contributed by atoms with van der Waals surface area (Å²) >= 11 is 0. The normalized spacial score (nSPS) is 19.3. The Morgan fingerprint density at radius 3 is 2.15 bits per heavy atom. The van der Waals surface area contributed by atoms with Gasteiger partial charge in [0.25, 0.3) is 0 Å². The molecule has 2 saturated heterocycles. The molecule has 0 saturated carbocycles. The molecule has 6 nitrogen and oxygen atoms in total. The third kappa shape index (κ3) is 5.79. The van der Waals surface area contributed by atoms with Crippen molar-refractivity contribution in [2.24, 2.45) is 5.92 Å². The summed E-state index contributed by atoms with van der Waals surface area (Å²) < 4.78 is 67.1. The number of carbonyl (C=O) groups excluding carboxylic acids is 1. The minimum atomic E-state index is -4.17. The third-order valence-electron chi connectivity index (χ3n) is 6.59. The van der Waals surface area contributed by atoms with E-state index in [9.17, 15) is 26.4 Å². The fraction of sp³-hybridized carbons (Fsp3) is 0.458. The van der Waals surface area contributed by atoms with Crippen LogP contribution >= 0.6 is 0 Å². The summed E-state index contributed by atoms with van der Waals surface area (Å²) in [6.45, 7) is 2.52. The number of amides is 1. The van der Waals surface area contributed by atoms with Gasteiger partial charge in [-0.1, -0.05) is 12.1 Å². The van der Waals surface area contributed by atoms with Crippen LogP contribution in [0, 0.1) is 23.4 Å². The van der Waals surface area contributed by atoms with E-state index in [2.05, 4.69) is 10.2 Å². The molecule has 0 radical (unpaired) electrons. The predicted octanol–water partition coefficient (Wildman–Crippen LogP) is 3.29. The summed E-state index contributed by atoms with van der Waals surface area (Å²) in [4.78, 5) is 14.3. The Balaban J connectivity index is 1.24.